The number of aliphatic imine (C=N–C) groups is 1. The molecule has 0 atom stereocenters. The van der Waals surface area contributed by atoms with Crippen molar-refractivity contribution in [1.29, 1.82) is 5.41 Å². The van der Waals surface area contributed by atoms with Crippen LogP contribution in [0.3, 0.4) is 0 Å². The third-order valence-corrected chi connectivity index (χ3v) is 2.05. The first-order chi connectivity index (χ1) is 7.65. The minimum atomic E-state index is -0.234. The summed E-state index contributed by atoms with van der Waals surface area (Å²) in [5.74, 6) is -0.335. The van der Waals surface area contributed by atoms with Crippen molar-refractivity contribution in [3.63, 3.8) is 0 Å². The van der Waals surface area contributed by atoms with Crippen LogP contribution in [0.15, 0.2) is 53.2 Å². The number of hydrogen-bond donors (Lipinski definition) is 1. The second-order valence-corrected chi connectivity index (χ2v) is 3.29. The Balaban J connectivity index is 2.28. The highest BCUT2D eigenvalue weighted by molar-refractivity contribution is 6.21. The molecule has 0 aromatic rings. The molecular weight excluding hydrogens is 204 g/mol. The topological polar surface area (TPSA) is 70.3 Å². The maximum atomic E-state index is 11.4. The Kier molecular flexibility index (Phi) is 2.55. The molecule has 0 aromatic carbocycles. The van der Waals surface area contributed by atoms with Crippen molar-refractivity contribution < 1.29 is 9.59 Å². The summed E-state index contributed by atoms with van der Waals surface area (Å²) >= 11 is 0. The number of carbonyl (C=O) groups is 2. The van der Waals surface area contributed by atoms with E-state index in [2.05, 4.69) is 4.99 Å². The molecule has 0 spiro atoms. The highest BCUT2D eigenvalue weighted by atomic mass is 16.1. The summed E-state index contributed by atoms with van der Waals surface area (Å²) in [7, 11) is 0. The van der Waals surface area contributed by atoms with Crippen LogP contribution in [-0.4, -0.2) is 23.0 Å². The fraction of sp³-hybridized carbons (Fsp3) is 0. The van der Waals surface area contributed by atoms with Crippen LogP contribution in [0.4, 0.5) is 0 Å². The molecular formula is C12H8N2O2. The van der Waals surface area contributed by atoms with Crippen molar-refractivity contribution in [1.82, 2.24) is 0 Å². The van der Waals surface area contributed by atoms with Crippen molar-refractivity contribution in [2.45, 2.75) is 0 Å². The summed E-state index contributed by atoms with van der Waals surface area (Å²) in [5, 5.41) is 7.38. The maximum Gasteiger partial charge on any atom is 0.204 e. The zero-order valence-electron chi connectivity index (χ0n) is 8.31. The fourth-order valence-electron chi connectivity index (χ4n) is 1.26. The lowest BCUT2D eigenvalue weighted by atomic mass is 10.1. The summed E-state index contributed by atoms with van der Waals surface area (Å²) in [6.07, 6.45) is 9.97. The van der Waals surface area contributed by atoms with Gasteiger partial charge < -0.3 is 5.41 Å². The van der Waals surface area contributed by atoms with Gasteiger partial charge in [-0.25, -0.2) is 4.99 Å². The molecule has 2 aliphatic carbocycles. The average molecular weight is 212 g/mol. The zero-order valence-corrected chi connectivity index (χ0v) is 8.31. The number of nitrogens with zero attached hydrogens (tertiary/aromatic N) is 1. The van der Waals surface area contributed by atoms with Gasteiger partial charge in [-0.1, -0.05) is 0 Å². The van der Waals surface area contributed by atoms with E-state index in [0.29, 0.717) is 5.71 Å². The first-order valence-electron chi connectivity index (χ1n) is 4.66. The quantitative estimate of drug-likeness (QED) is 0.662. The third-order valence-electron chi connectivity index (χ3n) is 2.05. The molecule has 78 valence electrons. The highest BCUT2D eigenvalue weighted by Gasteiger charge is 2.11. The van der Waals surface area contributed by atoms with E-state index in [9.17, 15) is 9.59 Å². The Bertz CT molecular complexity index is 513. The van der Waals surface area contributed by atoms with E-state index in [1.807, 2.05) is 0 Å². The van der Waals surface area contributed by atoms with E-state index >= 15 is 0 Å². The van der Waals surface area contributed by atoms with Gasteiger partial charge in [-0.2, -0.15) is 0 Å². The maximum absolute atomic E-state index is 11.4. The summed E-state index contributed by atoms with van der Waals surface area (Å²) < 4.78 is 0. The van der Waals surface area contributed by atoms with Gasteiger partial charge in [-0.3, -0.25) is 9.59 Å². The molecule has 0 bridgehead atoms. The number of carbonyl (C=O) groups excluding carboxylic acids is 2. The smallest absolute Gasteiger partial charge is 0.204 e. The Morgan fingerprint density at radius 2 is 1.62 bits per heavy atom. The average Bonchev–Trinajstić information content (AvgIpc) is 2.27. The van der Waals surface area contributed by atoms with Crippen LogP contribution < -0.4 is 0 Å². The summed E-state index contributed by atoms with van der Waals surface area (Å²) in [4.78, 5) is 26.3. The number of allylic oxidation sites excluding steroid dienone is 7. The molecule has 0 aromatic heterocycles. The van der Waals surface area contributed by atoms with Crippen molar-refractivity contribution in [3.05, 3.63) is 48.2 Å². The van der Waals surface area contributed by atoms with E-state index in [-0.39, 0.29) is 23.0 Å². The van der Waals surface area contributed by atoms with Crippen molar-refractivity contribution in [2.24, 2.45) is 4.99 Å². The molecule has 0 aliphatic heterocycles. The van der Waals surface area contributed by atoms with E-state index in [1.54, 1.807) is 12.2 Å². The second kappa shape index (κ2) is 4.02. The lowest BCUT2D eigenvalue weighted by Gasteiger charge is -2.04. The van der Waals surface area contributed by atoms with E-state index in [1.165, 1.54) is 30.4 Å². The SMILES string of the molecule is N=C1C=CC(=O)C(N=C2C=CC(=O)C=C2)=C1. The lowest BCUT2D eigenvalue weighted by Crippen LogP contribution is -2.08. The molecule has 0 saturated carbocycles. The van der Waals surface area contributed by atoms with Crippen LogP contribution in [0.5, 0.6) is 0 Å². The van der Waals surface area contributed by atoms with Gasteiger partial charge >= 0.3 is 0 Å². The van der Waals surface area contributed by atoms with Gasteiger partial charge in [0.2, 0.25) is 5.78 Å². The molecule has 0 heterocycles. The number of nitrogens with one attached hydrogen (secondary N) is 1. The first kappa shape index (κ1) is 10.2. The third kappa shape index (κ3) is 2.17. The molecule has 0 saturated heterocycles. The monoisotopic (exact) mass is 212 g/mol. The van der Waals surface area contributed by atoms with Crippen molar-refractivity contribution >= 4 is 23.0 Å². The van der Waals surface area contributed by atoms with Crippen molar-refractivity contribution in [2.75, 3.05) is 0 Å². The summed E-state index contributed by atoms with van der Waals surface area (Å²) in [5.41, 5.74) is 0.979. The van der Waals surface area contributed by atoms with Crippen LogP contribution in [0.1, 0.15) is 0 Å². The van der Waals surface area contributed by atoms with Gasteiger partial charge in [-0.05, 0) is 42.5 Å². The van der Waals surface area contributed by atoms with Crippen LogP contribution in [0.2, 0.25) is 0 Å². The Hall–Kier alpha value is -2.36. The summed E-state index contributed by atoms with van der Waals surface area (Å²) in [6, 6.07) is 0. The van der Waals surface area contributed by atoms with E-state index in [0.717, 1.165) is 0 Å². The Morgan fingerprint density at radius 3 is 2.31 bits per heavy atom. The zero-order chi connectivity index (χ0) is 11.5. The van der Waals surface area contributed by atoms with Gasteiger partial charge in [-0.15, -0.1) is 0 Å². The molecule has 2 aliphatic rings. The molecule has 0 radical (unpaired) electrons. The number of hydrogen-bond acceptors (Lipinski definition) is 4. The molecule has 0 unspecified atom stereocenters. The Morgan fingerprint density at radius 1 is 0.938 bits per heavy atom. The molecule has 16 heavy (non-hydrogen) atoms. The van der Waals surface area contributed by atoms with Crippen LogP contribution in [0.25, 0.3) is 0 Å². The molecule has 4 nitrogen and oxygen atoms in total. The normalized spacial score (nSPS) is 19.1. The minimum Gasteiger partial charge on any atom is -0.301 e. The molecule has 0 amide bonds. The largest absolute Gasteiger partial charge is 0.301 e. The van der Waals surface area contributed by atoms with Gasteiger partial charge in [0.05, 0.1) is 11.4 Å². The van der Waals surface area contributed by atoms with E-state index < -0.39 is 0 Å². The molecule has 4 heteroatoms. The molecule has 1 N–H and O–H groups in total. The van der Waals surface area contributed by atoms with Gasteiger partial charge in [0.15, 0.2) is 5.78 Å². The fourth-order valence-corrected chi connectivity index (χ4v) is 1.26. The highest BCUT2D eigenvalue weighted by Crippen LogP contribution is 2.09. The standard InChI is InChI=1S/C12H8N2O2/c13-8-1-6-12(16)11(7-8)14-9-2-4-10(15)5-3-9/h1-7,13H. The minimum absolute atomic E-state index is 0.101. The lowest BCUT2D eigenvalue weighted by molar-refractivity contribution is -0.111. The summed E-state index contributed by atoms with van der Waals surface area (Å²) in [6.45, 7) is 0. The second-order valence-electron chi connectivity index (χ2n) is 3.29. The predicted octanol–water partition coefficient (Wildman–Crippen LogP) is 1.17. The van der Waals surface area contributed by atoms with Gasteiger partial charge in [0.1, 0.15) is 5.70 Å². The van der Waals surface area contributed by atoms with Crippen LogP contribution in [-0.2, 0) is 9.59 Å². The molecule has 0 fully saturated rings. The first-order valence-corrected chi connectivity index (χ1v) is 4.66. The van der Waals surface area contributed by atoms with Gasteiger partial charge in [0, 0.05) is 0 Å². The van der Waals surface area contributed by atoms with Gasteiger partial charge in [0.25, 0.3) is 0 Å². The van der Waals surface area contributed by atoms with Crippen LogP contribution in [0, 0.1) is 5.41 Å². The Labute approximate surface area is 91.9 Å². The number of rotatable bonds is 1. The van der Waals surface area contributed by atoms with Crippen molar-refractivity contribution in [3.8, 4) is 0 Å². The van der Waals surface area contributed by atoms with E-state index in [4.69, 9.17) is 5.41 Å². The molecule has 2 rings (SSSR count). The number of ketones is 2. The predicted molar refractivity (Wildman–Crippen MR) is 60.7 cm³/mol. The van der Waals surface area contributed by atoms with Crippen LogP contribution >= 0.6 is 0 Å².